The van der Waals surface area contributed by atoms with Crippen LogP contribution in [0.15, 0.2) is 60.7 Å². The molecule has 2 rings (SSSR count). The van der Waals surface area contributed by atoms with Gasteiger partial charge in [-0.2, -0.15) is 6.42 Å². The van der Waals surface area contributed by atoms with Crippen LogP contribution < -0.4 is 27.4 Å². The smallest absolute Gasteiger partial charge is 1.00 e. The molecule has 96 valence electrons. The second-order valence-electron chi connectivity index (χ2n) is 4.67. The molecular weight excluding hydrogens is 324 g/mol. The van der Waals surface area contributed by atoms with Crippen molar-refractivity contribution < 1.29 is 17.0 Å². The molecule has 0 heterocycles. The summed E-state index contributed by atoms with van der Waals surface area (Å²) in [7, 11) is -1.56. The topological polar surface area (TPSA) is 0 Å². The largest absolute Gasteiger partial charge is 2.00 e. The van der Waals surface area contributed by atoms with Gasteiger partial charge in [0, 0.05) is 0 Å². The van der Waals surface area contributed by atoms with Crippen molar-refractivity contribution in [2.24, 2.45) is 0 Å². The minimum atomic E-state index is -1.56. The minimum Gasteiger partial charge on any atom is -1.00 e. The predicted octanol–water partition coefficient (Wildman–Crippen LogP) is -0.273. The summed E-state index contributed by atoms with van der Waals surface area (Å²) < 4.78 is 0. The summed E-state index contributed by atoms with van der Waals surface area (Å²) in [5.74, 6) is 0. The molecule has 3 heteroatoms. The Kier molecular flexibility index (Phi) is 8.91. The zero-order valence-corrected chi connectivity index (χ0v) is 15.5. The van der Waals surface area contributed by atoms with Gasteiger partial charge in [0.05, 0.1) is 0 Å². The first-order chi connectivity index (χ1) is 8.27. The molecule has 0 amide bonds. The molecule has 0 unspecified atom stereocenters. The van der Waals surface area contributed by atoms with Gasteiger partial charge in [0.25, 0.3) is 0 Å². The van der Waals surface area contributed by atoms with Crippen LogP contribution in [-0.4, -0.2) is 31.1 Å². The van der Waals surface area contributed by atoms with Gasteiger partial charge in [-0.3, -0.25) is 0 Å². The average Bonchev–Trinajstić information content (AvgIpc) is 2.41. The van der Waals surface area contributed by atoms with Crippen molar-refractivity contribution in [3.63, 3.8) is 0 Å². The first kappa shape index (κ1) is 18.9. The molecule has 0 radical (unpaired) electrons. The predicted molar refractivity (Wildman–Crippen MR) is 84.3 cm³/mol. The molecule has 0 aliphatic heterocycles. The van der Waals surface area contributed by atoms with Gasteiger partial charge in [-0.05, 0) is 0 Å². The van der Waals surface area contributed by atoms with E-state index in [4.69, 9.17) is 0 Å². The summed E-state index contributed by atoms with van der Waals surface area (Å²) in [5, 5.41) is 3.02. The molecule has 0 aliphatic rings. The van der Waals surface area contributed by atoms with E-state index in [1.165, 1.54) is 16.4 Å². The van der Waals surface area contributed by atoms with Crippen LogP contribution in [0.4, 0.5) is 0 Å². The van der Waals surface area contributed by atoms with E-state index < -0.39 is 8.07 Å². The van der Waals surface area contributed by atoms with Crippen molar-refractivity contribution in [1.29, 1.82) is 0 Å². The monoisotopic (exact) mass is 342 g/mol. The zero-order valence-electron chi connectivity index (χ0n) is 11.5. The van der Waals surface area contributed by atoms with E-state index in [9.17, 15) is 0 Å². The van der Waals surface area contributed by atoms with Crippen LogP contribution in [0.25, 0.3) is 0 Å². The normalized spacial score (nSPS) is 10.2. The van der Waals surface area contributed by atoms with E-state index in [2.05, 4.69) is 74.1 Å². The number of rotatable bonds is 4. The molecule has 2 aromatic carbocycles. The molecule has 0 N–H and O–H groups in total. The SMILES string of the molecule is [Br-].[CH2-]CC[Si](C)(c1ccccc1)c1ccccc1.[Mg+2]. The molecule has 0 nitrogen and oxygen atoms in total. The van der Waals surface area contributed by atoms with Crippen molar-refractivity contribution >= 4 is 41.5 Å². The minimum absolute atomic E-state index is 0. The molecule has 0 saturated heterocycles. The quantitative estimate of drug-likeness (QED) is 0.529. The van der Waals surface area contributed by atoms with Crippen LogP contribution in [0, 0.1) is 6.92 Å². The maximum absolute atomic E-state index is 4.06. The van der Waals surface area contributed by atoms with E-state index in [-0.39, 0.29) is 40.0 Å². The number of hydrogen-bond acceptors (Lipinski definition) is 0. The zero-order chi connectivity index (χ0) is 12.1. The average molecular weight is 344 g/mol. The van der Waals surface area contributed by atoms with Crippen LogP contribution in [0.3, 0.4) is 0 Å². The number of hydrogen-bond donors (Lipinski definition) is 0. The van der Waals surface area contributed by atoms with Gasteiger partial charge >= 0.3 is 23.1 Å². The molecule has 0 saturated carbocycles. The molecule has 0 aliphatic carbocycles. The van der Waals surface area contributed by atoms with Crippen LogP contribution in [0.5, 0.6) is 0 Å². The summed E-state index contributed by atoms with van der Waals surface area (Å²) in [6.07, 6.45) is 1.01. The van der Waals surface area contributed by atoms with E-state index in [1.807, 2.05) is 0 Å². The Labute approximate surface area is 144 Å². The van der Waals surface area contributed by atoms with Gasteiger partial charge in [0.15, 0.2) is 0 Å². The summed E-state index contributed by atoms with van der Waals surface area (Å²) in [4.78, 5) is 0. The molecule has 0 aromatic heterocycles. The third kappa shape index (κ3) is 4.45. The van der Waals surface area contributed by atoms with E-state index >= 15 is 0 Å². The van der Waals surface area contributed by atoms with Gasteiger partial charge in [-0.1, -0.05) is 83.6 Å². The Hall–Kier alpha value is -0.0969. The maximum Gasteiger partial charge on any atom is 2.00 e. The fraction of sp³-hybridized carbons (Fsp3) is 0.188. The first-order valence-electron chi connectivity index (χ1n) is 6.17. The summed E-state index contributed by atoms with van der Waals surface area (Å²) in [6.45, 7) is 6.50. The summed E-state index contributed by atoms with van der Waals surface area (Å²) in [5.41, 5.74) is 0. The third-order valence-electron chi connectivity index (χ3n) is 3.50. The van der Waals surface area contributed by atoms with Crippen LogP contribution in [-0.2, 0) is 0 Å². The third-order valence-corrected chi connectivity index (χ3v) is 8.07. The van der Waals surface area contributed by atoms with E-state index in [1.54, 1.807) is 0 Å². The van der Waals surface area contributed by atoms with Gasteiger partial charge < -0.3 is 23.9 Å². The first-order valence-corrected chi connectivity index (χ1v) is 8.88. The Morgan fingerprint density at radius 2 is 1.21 bits per heavy atom. The molecule has 0 spiro atoms. The van der Waals surface area contributed by atoms with Crippen molar-refractivity contribution in [2.75, 3.05) is 0 Å². The fourth-order valence-electron chi connectivity index (χ4n) is 2.42. The molecule has 0 atom stereocenters. The van der Waals surface area contributed by atoms with Gasteiger partial charge in [0.2, 0.25) is 0 Å². The molecule has 0 bridgehead atoms. The van der Waals surface area contributed by atoms with Gasteiger partial charge in [0.1, 0.15) is 8.07 Å². The van der Waals surface area contributed by atoms with Crippen molar-refractivity contribution in [1.82, 2.24) is 0 Å². The molecule has 0 fully saturated rings. The van der Waals surface area contributed by atoms with Crippen LogP contribution >= 0.6 is 0 Å². The van der Waals surface area contributed by atoms with Crippen molar-refractivity contribution in [3.8, 4) is 0 Å². The van der Waals surface area contributed by atoms with Gasteiger partial charge in [-0.15, -0.1) is 0 Å². The number of benzene rings is 2. The Bertz CT molecular complexity index is 419. The van der Waals surface area contributed by atoms with Crippen molar-refractivity contribution in [3.05, 3.63) is 67.6 Å². The second kappa shape index (κ2) is 8.95. The molecular formula is C16H19BrMgSi. The second-order valence-corrected chi connectivity index (χ2v) is 8.99. The number of halogens is 1. The van der Waals surface area contributed by atoms with Gasteiger partial charge in [-0.25, -0.2) is 0 Å². The standard InChI is InChI=1S/C16H19Si.BrH.Mg/c1-3-14-17(2,15-10-6-4-7-11-15)16-12-8-5-9-13-16;;/h4-13H,1,3,14H2,2H3;1H;/q-1;;+2/p-1. The van der Waals surface area contributed by atoms with E-state index in [0.717, 1.165) is 6.42 Å². The summed E-state index contributed by atoms with van der Waals surface area (Å²) >= 11 is 0. The summed E-state index contributed by atoms with van der Waals surface area (Å²) in [6, 6.07) is 23.1. The van der Waals surface area contributed by atoms with E-state index in [0.29, 0.717) is 0 Å². The molecule has 19 heavy (non-hydrogen) atoms. The fourth-order valence-corrected chi connectivity index (χ4v) is 5.89. The van der Waals surface area contributed by atoms with Crippen LogP contribution in [0.1, 0.15) is 6.42 Å². The Morgan fingerprint density at radius 1 is 0.842 bits per heavy atom. The Morgan fingerprint density at radius 3 is 1.53 bits per heavy atom. The molecule has 2 aromatic rings. The Balaban J connectivity index is 0.00000162. The van der Waals surface area contributed by atoms with Crippen molar-refractivity contribution in [2.45, 2.75) is 19.0 Å². The van der Waals surface area contributed by atoms with Crippen LogP contribution in [0.2, 0.25) is 12.6 Å². The maximum atomic E-state index is 4.06.